The minimum atomic E-state index is -1.17. The van der Waals surface area contributed by atoms with Crippen molar-refractivity contribution in [2.45, 2.75) is 32.8 Å². The lowest BCUT2D eigenvalue weighted by atomic mass is 9.64. The van der Waals surface area contributed by atoms with Gasteiger partial charge < -0.3 is 4.74 Å². The van der Waals surface area contributed by atoms with Gasteiger partial charge in [0, 0.05) is 12.5 Å². The van der Waals surface area contributed by atoms with Crippen molar-refractivity contribution in [1.29, 1.82) is 0 Å². The first-order valence-electron chi connectivity index (χ1n) is 6.13. The lowest BCUT2D eigenvalue weighted by Gasteiger charge is -2.44. The molecule has 1 fully saturated rings. The fourth-order valence-corrected chi connectivity index (χ4v) is 2.17. The Balaban J connectivity index is 2.25. The summed E-state index contributed by atoms with van der Waals surface area (Å²) in [6.45, 7) is 3.50. The van der Waals surface area contributed by atoms with Crippen molar-refractivity contribution in [3.63, 3.8) is 0 Å². The van der Waals surface area contributed by atoms with Gasteiger partial charge in [-0.2, -0.15) is 4.39 Å². The van der Waals surface area contributed by atoms with Crippen LogP contribution in [0, 0.1) is 27.2 Å². The van der Waals surface area contributed by atoms with Crippen LogP contribution in [0.25, 0.3) is 0 Å². The Morgan fingerprint density at radius 3 is 2.60 bits per heavy atom. The summed E-state index contributed by atoms with van der Waals surface area (Å²) in [4.78, 5) is 21.0. The number of ketones is 1. The highest BCUT2D eigenvalue weighted by Gasteiger charge is 2.51. The van der Waals surface area contributed by atoms with E-state index in [1.165, 1.54) is 0 Å². The Morgan fingerprint density at radius 2 is 2.10 bits per heavy atom. The molecule has 5 nitrogen and oxygen atoms in total. The van der Waals surface area contributed by atoms with Crippen molar-refractivity contribution in [1.82, 2.24) is 0 Å². The molecular weight excluding hydrogens is 272 g/mol. The number of hydrogen-bond donors (Lipinski definition) is 0. The summed E-state index contributed by atoms with van der Waals surface area (Å²) in [6.07, 6.45) is 0.103. The van der Waals surface area contributed by atoms with Gasteiger partial charge in [-0.05, 0) is 13.3 Å². The summed E-state index contributed by atoms with van der Waals surface area (Å²) < 4.78 is 32.4. The standard InChI is InChI=1S/C13H13F2NO4/c1-3-13(2)11(17)6-12(13)20-10-5-7(14)9(16(18)19)4-8(10)15/h4-5,12H,3,6H2,1-2H3. The van der Waals surface area contributed by atoms with Crippen molar-refractivity contribution in [2.24, 2.45) is 5.41 Å². The topological polar surface area (TPSA) is 69.4 Å². The number of benzene rings is 1. The summed E-state index contributed by atoms with van der Waals surface area (Å²) in [7, 11) is 0. The molecule has 0 aliphatic heterocycles. The molecule has 7 heteroatoms. The van der Waals surface area contributed by atoms with Crippen molar-refractivity contribution >= 4 is 11.5 Å². The number of nitrogens with zero attached hydrogens (tertiary/aromatic N) is 1. The van der Waals surface area contributed by atoms with E-state index in [-0.39, 0.29) is 12.2 Å². The van der Waals surface area contributed by atoms with Crippen molar-refractivity contribution in [3.05, 3.63) is 33.9 Å². The molecule has 0 bridgehead atoms. The van der Waals surface area contributed by atoms with Gasteiger partial charge in [0.15, 0.2) is 11.6 Å². The van der Waals surface area contributed by atoms with Crippen LogP contribution in [0.15, 0.2) is 12.1 Å². The third kappa shape index (κ3) is 2.13. The monoisotopic (exact) mass is 285 g/mol. The maximum Gasteiger partial charge on any atom is 0.307 e. The highest BCUT2D eigenvalue weighted by molar-refractivity contribution is 5.92. The number of hydrogen-bond acceptors (Lipinski definition) is 4. The predicted octanol–water partition coefficient (Wildman–Crippen LogP) is 3.01. The third-order valence-corrected chi connectivity index (χ3v) is 3.92. The Kier molecular flexibility index (Phi) is 3.45. The molecule has 1 aromatic rings. The van der Waals surface area contributed by atoms with Gasteiger partial charge >= 0.3 is 5.69 Å². The molecule has 0 amide bonds. The molecule has 0 spiro atoms. The zero-order chi connectivity index (χ0) is 15.1. The molecule has 2 rings (SSSR count). The number of carbonyl (C=O) groups is 1. The van der Waals surface area contributed by atoms with E-state index in [2.05, 4.69) is 0 Å². The molecule has 0 aromatic heterocycles. The number of halogens is 2. The molecule has 0 radical (unpaired) electrons. The Morgan fingerprint density at radius 1 is 1.45 bits per heavy atom. The van der Waals surface area contributed by atoms with E-state index >= 15 is 0 Å². The van der Waals surface area contributed by atoms with Crippen LogP contribution in [0.3, 0.4) is 0 Å². The average molecular weight is 285 g/mol. The maximum absolute atomic E-state index is 13.7. The van der Waals surface area contributed by atoms with E-state index in [4.69, 9.17) is 4.74 Å². The molecule has 1 saturated carbocycles. The first-order valence-corrected chi connectivity index (χ1v) is 6.13. The normalized spacial score (nSPS) is 25.2. The van der Waals surface area contributed by atoms with E-state index in [9.17, 15) is 23.7 Å². The van der Waals surface area contributed by atoms with Crippen molar-refractivity contribution in [2.75, 3.05) is 0 Å². The quantitative estimate of drug-likeness (QED) is 0.630. The van der Waals surface area contributed by atoms with Crippen LogP contribution in [0.5, 0.6) is 5.75 Å². The summed E-state index contributed by atoms with van der Waals surface area (Å²) in [6, 6.07) is 1.13. The fraction of sp³-hybridized carbons (Fsp3) is 0.462. The number of ether oxygens (including phenoxy) is 1. The fourth-order valence-electron chi connectivity index (χ4n) is 2.17. The van der Waals surface area contributed by atoms with Crippen LogP contribution in [0.2, 0.25) is 0 Å². The van der Waals surface area contributed by atoms with Gasteiger partial charge in [-0.25, -0.2) is 4.39 Å². The molecule has 2 atom stereocenters. The Bertz CT molecular complexity index is 590. The first kappa shape index (κ1) is 14.4. The molecular formula is C13H13F2NO4. The van der Waals surface area contributed by atoms with Crippen molar-refractivity contribution in [3.8, 4) is 5.75 Å². The molecule has 1 aromatic carbocycles. The molecule has 0 saturated heterocycles. The summed E-state index contributed by atoms with van der Waals surface area (Å²) in [5.74, 6) is -2.59. The molecule has 1 aliphatic carbocycles. The van der Waals surface area contributed by atoms with E-state index in [1.54, 1.807) is 13.8 Å². The van der Waals surface area contributed by atoms with Crippen LogP contribution in [-0.2, 0) is 4.79 Å². The molecule has 1 aliphatic rings. The van der Waals surface area contributed by atoms with Crippen LogP contribution < -0.4 is 4.74 Å². The Hall–Kier alpha value is -2.05. The number of carbonyl (C=O) groups excluding carboxylic acids is 1. The predicted molar refractivity (Wildman–Crippen MR) is 65.5 cm³/mol. The van der Waals surface area contributed by atoms with Gasteiger partial charge in [-0.3, -0.25) is 14.9 Å². The van der Waals surface area contributed by atoms with Gasteiger partial charge in [0.05, 0.1) is 16.4 Å². The largest absolute Gasteiger partial charge is 0.486 e. The third-order valence-electron chi connectivity index (χ3n) is 3.92. The van der Waals surface area contributed by atoms with Crippen LogP contribution >= 0.6 is 0 Å². The van der Waals surface area contributed by atoms with Crippen molar-refractivity contribution < 1.29 is 23.2 Å². The van der Waals surface area contributed by atoms with Gasteiger partial charge in [-0.15, -0.1) is 0 Å². The number of rotatable bonds is 4. The highest BCUT2D eigenvalue weighted by Crippen LogP contribution is 2.43. The van der Waals surface area contributed by atoms with E-state index in [0.29, 0.717) is 18.6 Å². The zero-order valence-electron chi connectivity index (χ0n) is 11.0. The summed E-state index contributed by atoms with van der Waals surface area (Å²) >= 11 is 0. The van der Waals surface area contributed by atoms with Gasteiger partial charge in [0.1, 0.15) is 11.9 Å². The molecule has 0 heterocycles. The minimum Gasteiger partial charge on any atom is -0.486 e. The smallest absolute Gasteiger partial charge is 0.307 e. The minimum absolute atomic E-state index is 0.00721. The van der Waals surface area contributed by atoms with Crippen LogP contribution in [-0.4, -0.2) is 16.8 Å². The van der Waals surface area contributed by atoms with Gasteiger partial charge in [0.25, 0.3) is 0 Å². The first-order chi connectivity index (χ1) is 9.29. The summed E-state index contributed by atoms with van der Waals surface area (Å²) in [5.41, 5.74) is -1.66. The van der Waals surface area contributed by atoms with E-state index in [0.717, 1.165) is 0 Å². The second-order valence-corrected chi connectivity index (χ2v) is 5.00. The van der Waals surface area contributed by atoms with Gasteiger partial charge in [0.2, 0.25) is 5.82 Å². The molecule has 2 unspecified atom stereocenters. The van der Waals surface area contributed by atoms with Gasteiger partial charge in [-0.1, -0.05) is 6.92 Å². The second kappa shape index (κ2) is 4.81. The lowest BCUT2D eigenvalue weighted by molar-refractivity contribution is -0.387. The summed E-state index contributed by atoms with van der Waals surface area (Å²) in [5, 5.41) is 10.5. The Labute approximate surface area is 113 Å². The molecule has 108 valence electrons. The van der Waals surface area contributed by atoms with Crippen LogP contribution in [0.1, 0.15) is 26.7 Å². The van der Waals surface area contributed by atoms with E-state index in [1.807, 2.05) is 0 Å². The maximum atomic E-state index is 13.7. The lowest BCUT2D eigenvalue weighted by Crippen LogP contribution is -2.54. The van der Waals surface area contributed by atoms with E-state index < -0.39 is 39.5 Å². The average Bonchev–Trinajstić information content (AvgIpc) is 2.40. The molecule has 0 N–H and O–H groups in total. The zero-order valence-corrected chi connectivity index (χ0v) is 11.0. The molecule has 20 heavy (non-hydrogen) atoms. The number of Topliss-reactive ketones (excluding diaryl/α,β-unsaturated/α-hetero) is 1. The SMILES string of the molecule is CCC1(C)C(=O)CC1Oc1cc(F)c([N+](=O)[O-])cc1F. The second-order valence-electron chi connectivity index (χ2n) is 5.00. The number of nitro benzene ring substituents is 1. The number of nitro groups is 1. The highest BCUT2D eigenvalue weighted by atomic mass is 19.1. The van der Waals surface area contributed by atoms with Crippen LogP contribution in [0.4, 0.5) is 14.5 Å².